The first-order valence-electron chi connectivity index (χ1n) is 8.55. The van der Waals surface area contributed by atoms with Gasteiger partial charge in [0.2, 0.25) is 11.8 Å². The Bertz CT molecular complexity index is 655. The van der Waals surface area contributed by atoms with E-state index in [4.69, 9.17) is 4.74 Å². The minimum atomic E-state index is -0.269. The fourth-order valence-electron chi connectivity index (χ4n) is 3.44. The van der Waals surface area contributed by atoms with Gasteiger partial charge in [0.25, 0.3) is 0 Å². The van der Waals surface area contributed by atoms with Gasteiger partial charge in [0.05, 0.1) is 18.6 Å². The normalized spacial score (nSPS) is 24.4. The van der Waals surface area contributed by atoms with Crippen LogP contribution in [0, 0.1) is 11.7 Å². The number of benzene rings is 1. The zero-order valence-electron chi connectivity index (χ0n) is 13.5. The molecule has 0 bridgehead atoms. The van der Waals surface area contributed by atoms with E-state index < -0.39 is 0 Å². The number of carbonyl (C=O) groups excluding carboxylic acids is 2. The highest BCUT2D eigenvalue weighted by atomic mass is 19.1. The molecule has 1 aromatic rings. The van der Waals surface area contributed by atoms with Crippen LogP contribution in [0.3, 0.4) is 0 Å². The van der Waals surface area contributed by atoms with Gasteiger partial charge in [-0.25, -0.2) is 4.39 Å². The lowest BCUT2D eigenvalue weighted by atomic mass is 10.0. The largest absolute Gasteiger partial charge is 0.370 e. The van der Waals surface area contributed by atoms with Crippen molar-refractivity contribution in [2.24, 2.45) is 5.92 Å². The molecule has 0 aromatic heterocycles. The molecule has 2 saturated heterocycles. The molecule has 3 aliphatic rings. The molecule has 1 aliphatic carbocycles. The SMILES string of the molecule is O=C(C1CC(=O)N(C2CC2)C1)N1CC(OCc2ccccc2F)C1. The maximum Gasteiger partial charge on any atom is 0.228 e. The molecule has 3 fully saturated rings. The fraction of sp³-hybridized carbons (Fsp3) is 0.556. The zero-order valence-corrected chi connectivity index (χ0v) is 13.5. The van der Waals surface area contributed by atoms with Crippen molar-refractivity contribution < 1.29 is 18.7 Å². The Hall–Kier alpha value is -1.95. The summed E-state index contributed by atoms with van der Waals surface area (Å²) in [6, 6.07) is 6.92. The van der Waals surface area contributed by atoms with Gasteiger partial charge in [0.1, 0.15) is 5.82 Å². The summed E-state index contributed by atoms with van der Waals surface area (Å²) in [4.78, 5) is 28.0. The summed E-state index contributed by atoms with van der Waals surface area (Å²) in [7, 11) is 0. The molecule has 2 amide bonds. The molecular formula is C18H21FN2O3. The van der Waals surface area contributed by atoms with Crippen molar-refractivity contribution in [3.63, 3.8) is 0 Å². The molecule has 0 radical (unpaired) electrons. The summed E-state index contributed by atoms with van der Waals surface area (Å²) in [5, 5.41) is 0. The summed E-state index contributed by atoms with van der Waals surface area (Å²) in [6.45, 7) is 1.85. The number of ether oxygens (including phenoxy) is 1. The van der Waals surface area contributed by atoms with Crippen LogP contribution in [0.5, 0.6) is 0 Å². The summed E-state index contributed by atoms with van der Waals surface area (Å²) in [5.41, 5.74) is 0.531. The Morgan fingerprint density at radius 2 is 1.96 bits per heavy atom. The van der Waals surface area contributed by atoms with Gasteiger partial charge < -0.3 is 14.5 Å². The van der Waals surface area contributed by atoms with Crippen LogP contribution in [0.25, 0.3) is 0 Å². The van der Waals surface area contributed by atoms with Crippen LogP contribution in [-0.2, 0) is 20.9 Å². The lowest BCUT2D eigenvalue weighted by molar-refractivity contribution is -0.150. The van der Waals surface area contributed by atoms with Crippen molar-refractivity contribution in [2.75, 3.05) is 19.6 Å². The number of hydrogen-bond acceptors (Lipinski definition) is 3. The Morgan fingerprint density at radius 1 is 1.21 bits per heavy atom. The topological polar surface area (TPSA) is 49.9 Å². The van der Waals surface area contributed by atoms with E-state index in [-0.39, 0.29) is 36.3 Å². The Labute approximate surface area is 140 Å². The van der Waals surface area contributed by atoms with Crippen LogP contribution in [0.4, 0.5) is 4.39 Å². The van der Waals surface area contributed by atoms with Gasteiger partial charge in [-0.3, -0.25) is 9.59 Å². The number of likely N-dealkylation sites (tertiary alicyclic amines) is 2. The Morgan fingerprint density at radius 3 is 2.67 bits per heavy atom. The van der Waals surface area contributed by atoms with Gasteiger partial charge in [-0.2, -0.15) is 0 Å². The number of amides is 2. The number of rotatable bonds is 5. The molecule has 5 nitrogen and oxygen atoms in total. The van der Waals surface area contributed by atoms with Gasteiger partial charge in [0.15, 0.2) is 0 Å². The van der Waals surface area contributed by atoms with Crippen molar-refractivity contribution in [1.82, 2.24) is 9.80 Å². The van der Waals surface area contributed by atoms with Crippen molar-refractivity contribution in [2.45, 2.75) is 38.0 Å². The number of nitrogens with zero attached hydrogens (tertiary/aromatic N) is 2. The first kappa shape index (κ1) is 15.6. The maximum atomic E-state index is 13.5. The molecule has 6 heteroatoms. The molecule has 2 aliphatic heterocycles. The van der Waals surface area contributed by atoms with Crippen LogP contribution in [-0.4, -0.2) is 53.4 Å². The van der Waals surface area contributed by atoms with Gasteiger partial charge in [-0.05, 0) is 18.9 Å². The predicted octanol–water partition coefficient (Wildman–Crippen LogP) is 1.56. The van der Waals surface area contributed by atoms with Crippen LogP contribution >= 0.6 is 0 Å². The monoisotopic (exact) mass is 332 g/mol. The quantitative estimate of drug-likeness (QED) is 0.822. The third kappa shape index (κ3) is 3.02. The molecule has 24 heavy (non-hydrogen) atoms. The molecule has 4 rings (SSSR count). The Kier molecular flexibility index (Phi) is 4.00. The third-order valence-electron chi connectivity index (χ3n) is 5.09. The van der Waals surface area contributed by atoms with Gasteiger partial charge in [-0.1, -0.05) is 18.2 Å². The zero-order chi connectivity index (χ0) is 16.7. The van der Waals surface area contributed by atoms with E-state index in [1.54, 1.807) is 23.1 Å². The summed E-state index contributed by atoms with van der Waals surface area (Å²) < 4.78 is 19.2. The molecule has 0 spiro atoms. The van der Waals surface area contributed by atoms with E-state index in [1.165, 1.54) is 6.07 Å². The van der Waals surface area contributed by atoms with Crippen LogP contribution in [0.15, 0.2) is 24.3 Å². The smallest absolute Gasteiger partial charge is 0.228 e. The van der Waals surface area contributed by atoms with Crippen LogP contribution < -0.4 is 0 Å². The van der Waals surface area contributed by atoms with Crippen molar-refractivity contribution in [3.05, 3.63) is 35.6 Å². The number of carbonyl (C=O) groups is 2. The van der Waals surface area contributed by atoms with Crippen molar-refractivity contribution in [3.8, 4) is 0 Å². The first-order chi connectivity index (χ1) is 11.6. The lowest BCUT2D eigenvalue weighted by Crippen LogP contribution is -2.56. The summed E-state index contributed by atoms with van der Waals surface area (Å²) in [6.07, 6.45) is 2.43. The first-order valence-corrected chi connectivity index (χ1v) is 8.55. The second-order valence-corrected chi connectivity index (χ2v) is 6.95. The number of halogens is 1. The van der Waals surface area contributed by atoms with E-state index in [2.05, 4.69) is 0 Å². The molecule has 1 saturated carbocycles. The second-order valence-electron chi connectivity index (χ2n) is 6.95. The molecule has 1 aromatic carbocycles. The molecular weight excluding hydrogens is 311 g/mol. The highest BCUT2D eigenvalue weighted by Crippen LogP contribution is 2.33. The molecule has 1 atom stereocenters. The third-order valence-corrected chi connectivity index (χ3v) is 5.09. The highest BCUT2D eigenvalue weighted by molar-refractivity contribution is 5.90. The minimum Gasteiger partial charge on any atom is -0.370 e. The van der Waals surface area contributed by atoms with E-state index in [9.17, 15) is 14.0 Å². The number of hydrogen-bond donors (Lipinski definition) is 0. The Balaban J connectivity index is 1.23. The molecule has 0 N–H and O–H groups in total. The van der Waals surface area contributed by atoms with Gasteiger partial charge in [-0.15, -0.1) is 0 Å². The molecule has 1 unspecified atom stereocenters. The van der Waals surface area contributed by atoms with Crippen LogP contribution in [0.2, 0.25) is 0 Å². The standard InChI is InChI=1S/C18H21FN2O3/c19-16-4-2-1-3-12(16)11-24-15-9-20(10-15)18(23)13-7-17(22)21(8-13)14-5-6-14/h1-4,13-15H,5-11H2. The van der Waals surface area contributed by atoms with Gasteiger partial charge >= 0.3 is 0 Å². The van der Waals surface area contributed by atoms with Crippen molar-refractivity contribution in [1.29, 1.82) is 0 Å². The predicted molar refractivity (Wildman–Crippen MR) is 84.4 cm³/mol. The molecule has 2 heterocycles. The second kappa shape index (κ2) is 6.16. The summed E-state index contributed by atoms with van der Waals surface area (Å²) in [5.74, 6) is -0.305. The van der Waals surface area contributed by atoms with Crippen molar-refractivity contribution >= 4 is 11.8 Å². The van der Waals surface area contributed by atoms with E-state index in [0.29, 0.717) is 37.7 Å². The van der Waals surface area contributed by atoms with E-state index >= 15 is 0 Å². The van der Waals surface area contributed by atoms with Gasteiger partial charge in [0, 0.05) is 37.7 Å². The minimum absolute atomic E-state index is 0.0507. The lowest BCUT2D eigenvalue weighted by Gasteiger charge is -2.40. The average molecular weight is 332 g/mol. The molecule has 128 valence electrons. The maximum absolute atomic E-state index is 13.5. The summed E-state index contributed by atoms with van der Waals surface area (Å²) >= 11 is 0. The average Bonchev–Trinajstić information content (AvgIpc) is 3.29. The van der Waals surface area contributed by atoms with E-state index in [0.717, 1.165) is 12.8 Å². The van der Waals surface area contributed by atoms with Crippen LogP contribution in [0.1, 0.15) is 24.8 Å². The highest BCUT2D eigenvalue weighted by Gasteiger charge is 2.44. The van der Waals surface area contributed by atoms with E-state index in [1.807, 2.05) is 4.90 Å². The fourth-order valence-corrected chi connectivity index (χ4v) is 3.44.